The number of hydrogen-bond donors (Lipinski definition) is 0. The molecule has 0 aliphatic rings. The summed E-state index contributed by atoms with van der Waals surface area (Å²) < 4.78 is 11.7. The predicted octanol–water partition coefficient (Wildman–Crippen LogP) is 5.61. The van der Waals surface area contributed by atoms with Gasteiger partial charge in [0.15, 0.2) is 0 Å². The van der Waals surface area contributed by atoms with Crippen LogP contribution in [-0.2, 0) is 9.47 Å². The summed E-state index contributed by atoms with van der Waals surface area (Å²) in [6.45, 7) is 4.22. The second-order valence-electron chi connectivity index (χ2n) is 6.76. The molecule has 1 amide bonds. The van der Waals surface area contributed by atoms with Crippen molar-refractivity contribution < 1.29 is 19.1 Å². The van der Waals surface area contributed by atoms with Gasteiger partial charge in [-0.25, -0.2) is 19.1 Å². The second kappa shape index (κ2) is 18.8. The molecule has 0 radical (unpaired) electrons. The molecule has 1 aromatic heterocycles. The van der Waals surface area contributed by atoms with Crippen LogP contribution in [0.3, 0.4) is 0 Å². The smallest absolute Gasteiger partial charge is 0.419 e. The fourth-order valence-electron chi connectivity index (χ4n) is 2.42. The fraction of sp³-hybridized carbons (Fsp3) is 0.619. The highest BCUT2D eigenvalue weighted by molar-refractivity contribution is 8.76. The maximum absolute atomic E-state index is 11.6. The first kappa shape index (κ1) is 27.1. The van der Waals surface area contributed by atoms with Crippen LogP contribution in [0.15, 0.2) is 36.1 Å². The molecule has 0 fully saturated rings. The minimum Gasteiger partial charge on any atom is -0.449 e. The van der Waals surface area contributed by atoms with Gasteiger partial charge in [-0.1, -0.05) is 47.3 Å². The van der Waals surface area contributed by atoms with Gasteiger partial charge in [0.2, 0.25) is 0 Å². The summed E-state index contributed by atoms with van der Waals surface area (Å²) in [4.78, 5) is 31.9. The first-order valence-electron chi connectivity index (χ1n) is 10.6. The zero-order chi connectivity index (χ0) is 22.6. The van der Waals surface area contributed by atoms with Crippen molar-refractivity contribution in [2.75, 3.05) is 31.8 Å². The lowest BCUT2D eigenvalue weighted by Crippen LogP contribution is -2.22. The number of aliphatic imine (C=N–C) groups is 1. The van der Waals surface area contributed by atoms with Crippen molar-refractivity contribution in [3.05, 3.63) is 31.1 Å². The Balaban J connectivity index is 1.78. The van der Waals surface area contributed by atoms with Crippen LogP contribution in [0.1, 0.15) is 51.4 Å². The predicted molar refractivity (Wildman–Crippen MR) is 129 cm³/mol. The van der Waals surface area contributed by atoms with Crippen molar-refractivity contribution in [1.82, 2.24) is 14.5 Å². The van der Waals surface area contributed by atoms with Gasteiger partial charge in [-0.3, -0.25) is 9.89 Å². The zero-order valence-corrected chi connectivity index (χ0v) is 20.0. The molecule has 0 saturated carbocycles. The van der Waals surface area contributed by atoms with Gasteiger partial charge in [-0.05, 0) is 32.4 Å². The lowest BCUT2D eigenvalue weighted by atomic mass is 10.2. The summed E-state index contributed by atoms with van der Waals surface area (Å²) in [5, 5.41) is 0. The summed E-state index contributed by atoms with van der Waals surface area (Å²) in [6, 6.07) is 0. The highest BCUT2D eigenvalue weighted by Crippen LogP contribution is 2.24. The molecule has 0 spiro atoms. The van der Waals surface area contributed by atoms with E-state index < -0.39 is 0 Å². The van der Waals surface area contributed by atoms with Crippen molar-refractivity contribution >= 4 is 40.5 Å². The number of hydrogen-bond acceptors (Lipinski definition) is 8. The first-order chi connectivity index (χ1) is 15.1. The van der Waals surface area contributed by atoms with Gasteiger partial charge in [-0.2, -0.15) is 0 Å². The van der Waals surface area contributed by atoms with Gasteiger partial charge < -0.3 is 9.47 Å². The molecular weight excluding hydrogens is 436 g/mol. The molecule has 0 aromatic carbocycles. The molecule has 8 nitrogen and oxygen atoms in total. The molecule has 0 atom stereocenters. The van der Waals surface area contributed by atoms with Gasteiger partial charge in [0.05, 0.1) is 13.2 Å². The Labute approximate surface area is 193 Å². The molecule has 31 heavy (non-hydrogen) atoms. The van der Waals surface area contributed by atoms with Crippen LogP contribution in [0.2, 0.25) is 0 Å². The largest absolute Gasteiger partial charge is 0.449 e. The second-order valence-corrected chi connectivity index (χ2v) is 9.46. The van der Waals surface area contributed by atoms with E-state index in [0.717, 1.165) is 50.0 Å². The maximum Gasteiger partial charge on any atom is 0.419 e. The molecule has 10 heteroatoms. The molecule has 0 unspecified atom stereocenters. The average Bonchev–Trinajstić information content (AvgIpc) is 3.32. The monoisotopic (exact) mass is 470 g/mol. The van der Waals surface area contributed by atoms with Crippen LogP contribution in [0.5, 0.6) is 0 Å². The van der Waals surface area contributed by atoms with Crippen molar-refractivity contribution in [2.45, 2.75) is 51.4 Å². The molecule has 0 aliphatic carbocycles. The number of ether oxygens (including phenoxy) is 2. The minimum atomic E-state index is -0.373. The molecule has 1 heterocycles. The highest BCUT2D eigenvalue weighted by Gasteiger charge is 2.06. The van der Waals surface area contributed by atoms with Gasteiger partial charge in [-0.15, -0.1) is 0 Å². The van der Waals surface area contributed by atoms with E-state index in [1.165, 1.54) is 41.0 Å². The van der Waals surface area contributed by atoms with Gasteiger partial charge in [0, 0.05) is 43.3 Å². The van der Waals surface area contributed by atoms with Crippen molar-refractivity contribution in [3.8, 4) is 0 Å². The summed E-state index contributed by atoms with van der Waals surface area (Å²) >= 11 is 0. The third-order valence-electron chi connectivity index (χ3n) is 4.18. The Morgan fingerprint density at radius 3 is 2.23 bits per heavy atom. The minimum absolute atomic E-state index is 0.368. The van der Waals surface area contributed by atoms with Crippen LogP contribution >= 0.6 is 21.6 Å². The normalized spacial score (nSPS) is 10.9. The first-order valence-corrected chi connectivity index (χ1v) is 13.1. The Hall–Kier alpha value is -1.94. The Kier molecular flexibility index (Phi) is 16.4. The number of aromatic nitrogens is 2. The van der Waals surface area contributed by atoms with E-state index in [-0.39, 0.29) is 12.2 Å². The lowest BCUT2D eigenvalue weighted by molar-refractivity contribution is 0.121. The number of amides is 1. The average molecular weight is 471 g/mol. The number of carbonyl (C=O) groups excluding carboxylic acids is 2. The molecule has 0 bridgehead atoms. The van der Waals surface area contributed by atoms with Gasteiger partial charge >= 0.3 is 12.2 Å². The Morgan fingerprint density at radius 2 is 1.65 bits per heavy atom. The molecule has 1 rings (SSSR count). The highest BCUT2D eigenvalue weighted by atomic mass is 33.1. The zero-order valence-electron chi connectivity index (χ0n) is 18.3. The molecule has 174 valence electrons. The number of unbranched alkanes of at least 4 members (excludes halogenated alkanes) is 6. The van der Waals surface area contributed by atoms with Crippen molar-refractivity contribution in [1.29, 1.82) is 0 Å². The third kappa shape index (κ3) is 14.7. The Morgan fingerprint density at radius 1 is 1.03 bits per heavy atom. The quantitative estimate of drug-likeness (QED) is 0.166. The van der Waals surface area contributed by atoms with Crippen molar-refractivity contribution in [2.24, 2.45) is 4.99 Å². The SMILES string of the molecule is C=N/C=C\N(C)C(=O)OCCCCCCSSCCCCCCOC(=O)n1ccnc1. The van der Waals surface area contributed by atoms with Crippen LogP contribution in [0.25, 0.3) is 0 Å². The van der Waals surface area contributed by atoms with Crippen LogP contribution < -0.4 is 0 Å². The van der Waals surface area contributed by atoms with Crippen LogP contribution in [-0.4, -0.2) is 65.1 Å². The fourth-order valence-corrected chi connectivity index (χ4v) is 4.72. The van der Waals surface area contributed by atoms with E-state index in [1.807, 2.05) is 21.6 Å². The lowest BCUT2D eigenvalue weighted by Gasteiger charge is -2.11. The third-order valence-corrected chi connectivity index (χ3v) is 6.75. The molecular formula is C21H34N4O4S2. The van der Waals surface area contributed by atoms with Gasteiger partial charge in [0.25, 0.3) is 0 Å². The summed E-state index contributed by atoms with van der Waals surface area (Å²) in [7, 11) is 5.48. The summed E-state index contributed by atoms with van der Waals surface area (Å²) in [5.74, 6) is 2.30. The number of carbonyl (C=O) groups is 2. The molecule has 0 saturated heterocycles. The molecule has 1 aromatic rings. The van der Waals surface area contributed by atoms with Crippen LogP contribution in [0, 0.1) is 0 Å². The van der Waals surface area contributed by atoms with Crippen molar-refractivity contribution in [3.63, 3.8) is 0 Å². The number of imidazole rings is 1. The van der Waals surface area contributed by atoms with E-state index in [0.29, 0.717) is 13.2 Å². The maximum atomic E-state index is 11.6. The van der Waals surface area contributed by atoms with E-state index in [1.54, 1.807) is 19.4 Å². The summed E-state index contributed by atoms with van der Waals surface area (Å²) in [6.07, 6.45) is 15.4. The van der Waals surface area contributed by atoms with E-state index >= 15 is 0 Å². The summed E-state index contributed by atoms with van der Waals surface area (Å²) in [5.41, 5.74) is 0. The number of rotatable bonds is 17. The Bertz CT molecular complexity index is 641. The van der Waals surface area contributed by atoms with E-state index in [2.05, 4.69) is 16.7 Å². The number of nitrogens with zero attached hydrogens (tertiary/aromatic N) is 4. The standard InChI is InChI=1S/C21H34N4O4S2/c1-22-11-13-24(2)20(26)28-15-7-3-5-9-17-30-31-18-10-6-4-8-16-29-21(27)25-14-12-23-19-25/h11-14,19H,1,3-10,15-18H2,2H3/b13-11-. The topological polar surface area (TPSA) is 86.0 Å². The van der Waals surface area contributed by atoms with Gasteiger partial charge in [0.1, 0.15) is 6.33 Å². The van der Waals surface area contributed by atoms with E-state index in [9.17, 15) is 9.59 Å². The van der Waals surface area contributed by atoms with Crippen LogP contribution in [0.4, 0.5) is 9.59 Å². The van der Waals surface area contributed by atoms with E-state index in [4.69, 9.17) is 9.47 Å². The molecule has 0 N–H and O–H groups in total. The molecule has 0 aliphatic heterocycles.